The summed E-state index contributed by atoms with van der Waals surface area (Å²) in [6.07, 6.45) is 1.93. The van der Waals surface area contributed by atoms with Crippen molar-refractivity contribution in [2.45, 2.75) is 38.0 Å². The molecule has 0 unspecified atom stereocenters. The Morgan fingerprint density at radius 3 is 2.63 bits per heavy atom. The molecule has 1 aromatic carbocycles. The molecule has 2 aromatic rings. The van der Waals surface area contributed by atoms with E-state index in [-0.39, 0.29) is 11.6 Å². The number of benzene rings is 1. The second-order valence-corrected chi connectivity index (χ2v) is 7.69. The zero-order valence-corrected chi connectivity index (χ0v) is 16.6. The molecule has 1 aliphatic rings. The van der Waals surface area contributed by atoms with E-state index in [9.17, 15) is 9.59 Å². The van der Waals surface area contributed by atoms with Crippen LogP contribution in [0.4, 0.5) is 0 Å². The molecule has 1 aliphatic heterocycles. The van der Waals surface area contributed by atoms with Gasteiger partial charge in [0.25, 0.3) is 0 Å². The molecule has 3 rings (SSSR count). The van der Waals surface area contributed by atoms with E-state index >= 15 is 0 Å². The van der Waals surface area contributed by atoms with Crippen molar-refractivity contribution in [2.75, 3.05) is 31.9 Å². The average molecular weight is 390 g/mol. The summed E-state index contributed by atoms with van der Waals surface area (Å²) in [5.41, 5.74) is 1.10. The molecule has 0 bridgehead atoms. The summed E-state index contributed by atoms with van der Waals surface area (Å²) in [6, 6.07) is 10.4. The largest absolute Gasteiger partial charge is 0.343 e. The Bertz CT molecular complexity index is 781. The average Bonchev–Trinajstić information content (AvgIpc) is 3.05. The van der Waals surface area contributed by atoms with Gasteiger partial charge in [0.2, 0.25) is 5.91 Å². The van der Waals surface area contributed by atoms with Gasteiger partial charge in [0.15, 0.2) is 5.16 Å². The number of H-pyrrole nitrogens is 1. The molecular formula is C19H27N5O2S. The summed E-state index contributed by atoms with van der Waals surface area (Å²) in [7, 11) is 0. The third-order valence-corrected chi connectivity index (χ3v) is 5.72. The second kappa shape index (κ2) is 9.75. The highest BCUT2D eigenvalue weighted by molar-refractivity contribution is 7.99. The first-order chi connectivity index (χ1) is 13.2. The van der Waals surface area contributed by atoms with Crippen LogP contribution in [0.1, 0.15) is 25.3 Å². The summed E-state index contributed by atoms with van der Waals surface area (Å²) < 4.78 is 1.62. The maximum atomic E-state index is 12.5. The van der Waals surface area contributed by atoms with Crippen LogP contribution in [0.2, 0.25) is 0 Å². The van der Waals surface area contributed by atoms with Gasteiger partial charge >= 0.3 is 5.69 Å². The lowest BCUT2D eigenvalue weighted by Crippen LogP contribution is -2.48. The summed E-state index contributed by atoms with van der Waals surface area (Å²) in [4.78, 5) is 28.6. The van der Waals surface area contributed by atoms with Gasteiger partial charge in [0.1, 0.15) is 0 Å². The molecule has 0 radical (unpaired) electrons. The van der Waals surface area contributed by atoms with Gasteiger partial charge < -0.3 is 4.90 Å². The molecule has 2 heterocycles. The summed E-state index contributed by atoms with van der Waals surface area (Å²) in [5.74, 6) is 0.423. The molecule has 1 amide bonds. The number of nitrogens with one attached hydrogen (secondary N) is 1. The van der Waals surface area contributed by atoms with Crippen LogP contribution in [0.3, 0.4) is 0 Å². The van der Waals surface area contributed by atoms with Crippen molar-refractivity contribution in [1.29, 1.82) is 0 Å². The number of hydrogen-bond donors (Lipinski definition) is 1. The van der Waals surface area contributed by atoms with Crippen molar-refractivity contribution in [2.24, 2.45) is 0 Å². The minimum absolute atomic E-state index is 0.108. The minimum atomic E-state index is -0.201. The Morgan fingerprint density at radius 2 is 1.93 bits per heavy atom. The number of hydrogen-bond acceptors (Lipinski definition) is 5. The number of nitrogens with zero attached hydrogens (tertiary/aromatic N) is 4. The normalized spacial score (nSPS) is 15.2. The Morgan fingerprint density at radius 1 is 1.19 bits per heavy atom. The van der Waals surface area contributed by atoms with Crippen molar-refractivity contribution in [3.05, 3.63) is 46.4 Å². The second-order valence-electron chi connectivity index (χ2n) is 6.75. The van der Waals surface area contributed by atoms with Crippen LogP contribution in [0, 0.1) is 0 Å². The fraction of sp³-hybridized carbons (Fsp3) is 0.526. The van der Waals surface area contributed by atoms with Crippen molar-refractivity contribution in [3.63, 3.8) is 0 Å². The maximum absolute atomic E-state index is 12.5. The first-order valence-electron chi connectivity index (χ1n) is 9.49. The van der Waals surface area contributed by atoms with Crippen molar-refractivity contribution in [1.82, 2.24) is 24.6 Å². The van der Waals surface area contributed by atoms with Crippen LogP contribution in [-0.4, -0.2) is 62.4 Å². The summed E-state index contributed by atoms with van der Waals surface area (Å²) >= 11 is 1.34. The fourth-order valence-electron chi connectivity index (χ4n) is 3.14. The fourth-order valence-corrected chi connectivity index (χ4v) is 4.02. The molecule has 0 atom stereocenters. The number of carbonyl (C=O) groups excluding carboxylic acids is 1. The first kappa shape index (κ1) is 19.7. The van der Waals surface area contributed by atoms with Gasteiger partial charge in [-0.1, -0.05) is 55.4 Å². The van der Waals surface area contributed by atoms with Crippen LogP contribution in [0.15, 0.2) is 40.3 Å². The standard InChI is InChI=1S/C19H27N5O2S/c1-2-3-9-24-18(26)20-21-19(24)27-15-17(25)23-12-10-22(11-13-23)14-16-7-5-4-6-8-16/h4-8H,2-3,9-15H2,1H3,(H,20,26). The lowest BCUT2D eigenvalue weighted by atomic mass is 10.2. The quantitative estimate of drug-likeness (QED) is 0.697. The Labute approximate surface area is 163 Å². The number of unbranched alkanes of at least 4 members (excludes halogenated alkanes) is 1. The number of thioether (sulfide) groups is 1. The van der Waals surface area contributed by atoms with E-state index in [1.807, 2.05) is 11.0 Å². The molecule has 146 valence electrons. The Hall–Kier alpha value is -2.06. The van der Waals surface area contributed by atoms with Crippen LogP contribution in [0.5, 0.6) is 0 Å². The SMILES string of the molecule is CCCCn1c(SCC(=O)N2CCN(Cc3ccccc3)CC2)n[nH]c1=O. The predicted molar refractivity (Wildman–Crippen MR) is 107 cm³/mol. The predicted octanol–water partition coefficient (Wildman–Crippen LogP) is 1.81. The molecule has 1 N–H and O–H groups in total. The molecule has 1 fully saturated rings. The number of aromatic nitrogens is 3. The molecule has 8 heteroatoms. The molecule has 0 saturated carbocycles. The van der Waals surface area contributed by atoms with Gasteiger partial charge in [-0.2, -0.15) is 0 Å². The van der Waals surface area contributed by atoms with Gasteiger partial charge in [-0.05, 0) is 12.0 Å². The zero-order chi connectivity index (χ0) is 19.1. The Balaban J connectivity index is 1.45. The molecule has 7 nitrogen and oxygen atoms in total. The van der Waals surface area contributed by atoms with Gasteiger partial charge in [0, 0.05) is 39.3 Å². The van der Waals surface area contributed by atoms with Crippen LogP contribution >= 0.6 is 11.8 Å². The number of amides is 1. The molecule has 1 aromatic heterocycles. The van der Waals surface area contributed by atoms with E-state index in [2.05, 4.69) is 46.3 Å². The van der Waals surface area contributed by atoms with E-state index in [1.54, 1.807) is 4.57 Å². The number of rotatable bonds is 8. The molecule has 27 heavy (non-hydrogen) atoms. The van der Waals surface area contributed by atoms with E-state index in [0.29, 0.717) is 17.5 Å². The molecule has 1 saturated heterocycles. The van der Waals surface area contributed by atoms with Gasteiger partial charge in [-0.15, -0.1) is 5.10 Å². The minimum Gasteiger partial charge on any atom is -0.339 e. The third-order valence-electron chi connectivity index (χ3n) is 4.76. The highest BCUT2D eigenvalue weighted by Crippen LogP contribution is 2.16. The van der Waals surface area contributed by atoms with Gasteiger partial charge in [0.05, 0.1) is 5.75 Å². The van der Waals surface area contributed by atoms with Crippen LogP contribution in [0.25, 0.3) is 0 Å². The highest BCUT2D eigenvalue weighted by Gasteiger charge is 2.22. The number of carbonyl (C=O) groups is 1. The zero-order valence-electron chi connectivity index (χ0n) is 15.8. The van der Waals surface area contributed by atoms with E-state index in [0.717, 1.165) is 45.6 Å². The van der Waals surface area contributed by atoms with Crippen molar-refractivity contribution >= 4 is 17.7 Å². The van der Waals surface area contributed by atoms with Crippen LogP contribution in [-0.2, 0) is 17.9 Å². The van der Waals surface area contributed by atoms with Crippen molar-refractivity contribution in [3.8, 4) is 0 Å². The maximum Gasteiger partial charge on any atom is 0.343 e. The van der Waals surface area contributed by atoms with Gasteiger partial charge in [-0.25, -0.2) is 9.89 Å². The van der Waals surface area contributed by atoms with Crippen molar-refractivity contribution < 1.29 is 4.79 Å². The monoisotopic (exact) mass is 389 g/mol. The topological polar surface area (TPSA) is 74.2 Å². The molecule has 0 spiro atoms. The molecule has 0 aliphatic carbocycles. The smallest absolute Gasteiger partial charge is 0.339 e. The summed E-state index contributed by atoms with van der Waals surface area (Å²) in [5, 5.41) is 7.14. The lowest BCUT2D eigenvalue weighted by Gasteiger charge is -2.34. The van der Waals surface area contributed by atoms with Crippen LogP contribution < -0.4 is 5.69 Å². The Kier molecular flexibility index (Phi) is 7.11. The molecular weight excluding hydrogens is 362 g/mol. The van der Waals surface area contributed by atoms with E-state index in [1.165, 1.54) is 17.3 Å². The van der Waals surface area contributed by atoms with Gasteiger partial charge in [-0.3, -0.25) is 14.3 Å². The highest BCUT2D eigenvalue weighted by atomic mass is 32.2. The third kappa shape index (κ3) is 5.46. The van der Waals surface area contributed by atoms with E-state index < -0.39 is 0 Å². The lowest BCUT2D eigenvalue weighted by molar-refractivity contribution is -0.130. The first-order valence-corrected chi connectivity index (χ1v) is 10.5. The number of piperazine rings is 1. The summed E-state index contributed by atoms with van der Waals surface area (Å²) in [6.45, 7) is 6.91. The van der Waals surface area contributed by atoms with E-state index in [4.69, 9.17) is 0 Å². The number of aromatic amines is 1.